The van der Waals surface area contributed by atoms with E-state index in [4.69, 9.17) is 6.42 Å². The summed E-state index contributed by atoms with van der Waals surface area (Å²) in [6.07, 6.45) is 4.44. The van der Waals surface area contributed by atoms with E-state index in [1.165, 1.54) is 0 Å². The molecule has 0 radical (unpaired) electrons. The molecule has 3 heteroatoms. The summed E-state index contributed by atoms with van der Waals surface area (Å²) >= 11 is 0. The van der Waals surface area contributed by atoms with Gasteiger partial charge in [0.25, 0.3) is 5.92 Å². The molecule has 0 aliphatic heterocycles. The van der Waals surface area contributed by atoms with Crippen LogP contribution in [0, 0.1) is 12.3 Å². The minimum absolute atomic E-state index is 0.253. The second kappa shape index (κ2) is 1.45. The summed E-state index contributed by atoms with van der Waals surface area (Å²) < 4.78 is 24.2. The molecule has 9 heavy (non-hydrogen) atoms. The number of rotatable bonds is 0. The Balaban J connectivity index is 2.54. The van der Waals surface area contributed by atoms with Gasteiger partial charge < -0.3 is 5.73 Å². The molecule has 0 aromatic rings. The van der Waals surface area contributed by atoms with Gasteiger partial charge in [-0.25, -0.2) is 8.78 Å². The normalized spacial score (nSPS) is 28.2. The summed E-state index contributed by atoms with van der Waals surface area (Å²) in [5, 5.41) is 0. The van der Waals surface area contributed by atoms with Crippen LogP contribution in [0.15, 0.2) is 0 Å². The van der Waals surface area contributed by atoms with Crippen molar-refractivity contribution in [3.8, 4) is 12.3 Å². The van der Waals surface area contributed by atoms with E-state index in [1.54, 1.807) is 0 Å². The molecule has 0 spiro atoms. The fourth-order valence-electron chi connectivity index (χ4n) is 1.04. The maximum atomic E-state index is 12.1. The lowest BCUT2D eigenvalue weighted by atomic mass is 9.75. The lowest BCUT2D eigenvalue weighted by Crippen LogP contribution is -2.80. The van der Waals surface area contributed by atoms with E-state index in [1.807, 2.05) is 0 Å². The molecule has 0 saturated heterocycles. The van der Waals surface area contributed by atoms with Crippen molar-refractivity contribution in [1.29, 1.82) is 0 Å². The Hall–Kier alpha value is -0.620. The Morgan fingerprint density at radius 2 is 1.89 bits per heavy atom. The van der Waals surface area contributed by atoms with Crippen LogP contribution in [0.4, 0.5) is 8.78 Å². The van der Waals surface area contributed by atoms with Crippen LogP contribution >= 0.6 is 0 Å². The Labute approximate surface area is 52.2 Å². The zero-order valence-corrected chi connectivity index (χ0v) is 4.95. The third-order valence-corrected chi connectivity index (χ3v) is 1.50. The Morgan fingerprint density at radius 1 is 1.44 bits per heavy atom. The molecular weight excluding hydrogens is 124 g/mol. The van der Waals surface area contributed by atoms with Crippen LogP contribution in [0.1, 0.15) is 12.8 Å². The second-order valence-corrected chi connectivity index (χ2v) is 2.63. The van der Waals surface area contributed by atoms with Crippen molar-refractivity contribution in [3.05, 3.63) is 0 Å². The van der Waals surface area contributed by atoms with E-state index in [-0.39, 0.29) is 12.8 Å². The summed E-state index contributed by atoms with van der Waals surface area (Å²) in [5.74, 6) is -0.305. The maximum absolute atomic E-state index is 12.1. The average molecular weight is 132 g/mol. The van der Waals surface area contributed by atoms with Gasteiger partial charge in [-0.15, -0.1) is 6.42 Å². The van der Waals surface area contributed by atoms with Crippen LogP contribution in [-0.2, 0) is 0 Å². The number of alkyl halides is 2. The van der Waals surface area contributed by atoms with Gasteiger partial charge in [-0.1, -0.05) is 0 Å². The van der Waals surface area contributed by atoms with Crippen LogP contribution in [0.25, 0.3) is 0 Å². The number of hydrogen-bond acceptors (Lipinski definition) is 0. The molecule has 1 aliphatic carbocycles. The fourth-order valence-corrected chi connectivity index (χ4v) is 1.04. The molecule has 0 atom stereocenters. The van der Waals surface area contributed by atoms with Crippen LogP contribution in [0.5, 0.6) is 0 Å². The summed E-state index contributed by atoms with van der Waals surface area (Å²) in [7, 11) is 0. The zero-order chi connectivity index (χ0) is 7.12. The zero-order valence-electron chi connectivity index (χ0n) is 4.95. The van der Waals surface area contributed by atoms with Gasteiger partial charge in [-0.05, 0) is 5.92 Å². The predicted molar refractivity (Wildman–Crippen MR) is 28.6 cm³/mol. The van der Waals surface area contributed by atoms with E-state index < -0.39 is 11.5 Å². The molecule has 0 heterocycles. The third kappa shape index (κ3) is 1.03. The first kappa shape index (κ1) is 6.50. The molecular formula is C6H8F2N+. The molecule has 0 aromatic carbocycles. The van der Waals surface area contributed by atoms with Crippen molar-refractivity contribution in [2.45, 2.75) is 24.3 Å². The Morgan fingerprint density at radius 3 is 2.00 bits per heavy atom. The van der Waals surface area contributed by atoms with Crippen molar-refractivity contribution in [1.82, 2.24) is 0 Å². The Kier molecular flexibility index (Phi) is 1.05. The summed E-state index contributed by atoms with van der Waals surface area (Å²) in [4.78, 5) is 0. The van der Waals surface area contributed by atoms with Crippen molar-refractivity contribution in [2.24, 2.45) is 0 Å². The van der Waals surface area contributed by atoms with Gasteiger partial charge in [0.05, 0.1) is 12.8 Å². The van der Waals surface area contributed by atoms with Gasteiger partial charge in [0.1, 0.15) is 0 Å². The highest BCUT2D eigenvalue weighted by molar-refractivity contribution is 5.16. The third-order valence-electron chi connectivity index (χ3n) is 1.50. The maximum Gasteiger partial charge on any atom is 0.262 e. The molecule has 1 fully saturated rings. The van der Waals surface area contributed by atoms with Gasteiger partial charge in [-0.2, -0.15) is 0 Å². The largest absolute Gasteiger partial charge is 0.342 e. The van der Waals surface area contributed by atoms with Gasteiger partial charge in [0, 0.05) is 0 Å². The molecule has 0 bridgehead atoms. The summed E-state index contributed by atoms with van der Waals surface area (Å²) in [6, 6.07) is 0. The molecule has 1 nitrogen and oxygen atoms in total. The van der Waals surface area contributed by atoms with Crippen LogP contribution < -0.4 is 5.73 Å². The molecule has 0 aromatic heterocycles. The van der Waals surface area contributed by atoms with Gasteiger partial charge in [-0.3, -0.25) is 0 Å². The molecule has 50 valence electrons. The highest BCUT2D eigenvalue weighted by Gasteiger charge is 2.56. The number of quaternary nitrogens is 1. The standard InChI is InChI=1S/C6H7F2N/c1-2-5(9)3-6(7,8)4-5/h1H,3-4,9H2/p+1. The van der Waals surface area contributed by atoms with Crippen molar-refractivity contribution in [3.63, 3.8) is 0 Å². The fraction of sp³-hybridized carbons (Fsp3) is 0.667. The molecule has 3 N–H and O–H groups in total. The lowest BCUT2D eigenvalue weighted by molar-refractivity contribution is -0.499. The van der Waals surface area contributed by atoms with Crippen molar-refractivity contribution < 1.29 is 14.5 Å². The average Bonchev–Trinajstić information content (AvgIpc) is 1.61. The topological polar surface area (TPSA) is 27.6 Å². The lowest BCUT2D eigenvalue weighted by Gasteiger charge is -2.36. The molecule has 1 rings (SSSR count). The quantitative estimate of drug-likeness (QED) is 0.450. The molecule has 0 amide bonds. The monoisotopic (exact) mass is 132 g/mol. The van der Waals surface area contributed by atoms with E-state index in [0.29, 0.717) is 0 Å². The van der Waals surface area contributed by atoms with Gasteiger partial charge >= 0.3 is 0 Å². The summed E-state index contributed by atoms with van der Waals surface area (Å²) in [6.45, 7) is 0. The minimum atomic E-state index is -2.55. The van der Waals surface area contributed by atoms with Crippen LogP contribution in [0.2, 0.25) is 0 Å². The van der Waals surface area contributed by atoms with Crippen LogP contribution in [0.3, 0.4) is 0 Å². The number of halogens is 2. The highest BCUT2D eigenvalue weighted by atomic mass is 19.3. The SMILES string of the molecule is C#CC1([NH3+])CC(F)(F)C1. The number of hydrogen-bond donors (Lipinski definition) is 1. The van der Waals surface area contributed by atoms with Crippen molar-refractivity contribution in [2.75, 3.05) is 0 Å². The van der Waals surface area contributed by atoms with Gasteiger partial charge in [0.2, 0.25) is 0 Å². The predicted octanol–water partition coefficient (Wildman–Crippen LogP) is 0.0294. The molecule has 1 aliphatic rings. The first-order valence-electron chi connectivity index (χ1n) is 2.68. The minimum Gasteiger partial charge on any atom is -0.342 e. The van der Waals surface area contributed by atoms with E-state index >= 15 is 0 Å². The smallest absolute Gasteiger partial charge is 0.262 e. The first-order chi connectivity index (χ1) is 3.97. The second-order valence-electron chi connectivity index (χ2n) is 2.63. The highest BCUT2D eigenvalue weighted by Crippen LogP contribution is 2.42. The van der Waals surface area contributed by atoms with Crippen LogP contribution in [-0.4, -0.2) is 11.5 Å². The molecule has 0 unspecified atom stereocenters. The van der Waals surface area contributed by atoms with E-state index in [2.05, 4.69) is 11.7 Å². The first-order valence-corrected chi connectivity index (χ1v) is 2.68. The molecule has 1 saturated carbocycles. The van der Waals surface area contributed by atoms with Crippen molar-refractivity contribution >= 4 is 0 Å². The van der Waals surface area contributed by atoms with E-state index in [9.17, 15) is 8.78 Å². The van der Waals surface area contributed by atoms with E-state index in [0.717, 1.165) is 0 Å². The van der Waals surface area contributed by atoms with Gasteiger partial charge in [0.15, 0.2) is 5.54 Å². The summed E-state index contributed by atoms with van der Waals surface area (Å²) in [5.41, 5.74) is 2.70. The Bertz CT molecular complexity index is 160. The number of terminal acetylenes is 1.